The number of nitrogens with zero attached hydrogens (tertiary/aromatic N) is 1. The molecule has 0 unspecified atom stereocenters. The van der Waals surface area contributed by atoms with E-state index in [1.54, 1.807) is 11.9 Å². The lowest BCUT2D eigenvalue weighted by Crippen LogP contribution is -2.53. The molecule has 4 nitrogen and oxygen atoms in total. The number of hydrogen-bond acceptors (Lipinski definition) is 2. The van der Waals surface area contributed by atoms with Crippen LogP contribution in [0.5, 0.6) is 0 Å². The molecule has 4 heteroatoms. The SMILES string of the molecule is CCC(CC)N(C)C(=O)C1(C(=O)O)CCC1. The zero-order valence-electron chi connectivity index (χ0n) is 10.3. The van der Waals surface area contributed by atoms with Crippen molar-refractivity contribution in [1.82, 2.24) is 4.90 Å². The second-order valence-electron chi connectivity index (χ2n) is 4.63. The maximum Gasteiger partial charge on any atom is 0.319 e. The predicted octanol–water partition coefficient (Wildman–Crippen LogP) is 1.89. The fourth-order valence-electron chi connectivity index (χ4n) is 2.39. The van der Waals surface area contributed by atoms with Crippen LogP contribution in [-0.2, 0) is 9.59 Å². The van der Waals surface area contributed by atoms with Gasteiger partial charge in [0.2, 0.25) is 5.91 Å². The third kappa shape index (κ3) is 1.93. The fourth-order valence-corrected chi connectivity index (χ4v) is 2.39. The van der Waals surface area contributed by atoms with Crippen molar-refractivity contribution in [3.8, 4) is 0 Å². The van der Waals surface area contributed by atoms with E-state index in [-0.39, 0.29) is 11.9 Å². The number of carboxylic acid groups (broad SMARTS) is 1. The monoisotopic (exact) mass is 227 g/mol. The molecule has 1 N–H and O–H groups in total. The first-order valence-electron chi connectivity index (χ1n) is 6.00. The average Bonchev–Trinajstić information content (AvgIpc) is 2.16. The third-order valence-corrected chi connectivity index (χ3v) is 3.84. The lowest BCUT2D eigenvalue weighted by atomic mass is 9.67. The summed E-state index contributed by atoms with van der Waals surface area (Å²) in [7, 11) is 1.73. The van der Waals surface area contributed by atoms with E-state index >= 15 is 0 Å². The molecule has 0 radical (unpaired) electrons. The van der Waals surface area contributed by atoms with Gasteiger partial charge in [-0.2, -0.15) is 0 Å². The van der Waals surface area contributed by atoms with E-state index in [1.807, 2.05) is 13.8 Å². The van der Waals surface area contributed by atoms with Gasteiger partial charge in [0.15, 0.2) is 0 Å². The summed E-state index contributed by atoms with van der Waals surface area (Å²) >= 11 is 0. The molecule has 0 atom stereocenters. The van der Waals surface area contributed by atoms with Crippen molar-refractivity contribution < 1.29 is 14.7 Å². The summed E-state index contributed by atoms with van der Waals surface area (Å²) in [6, 6.07) is 0.157. The van der Waals surface area contributed by atoms with Crippen LogP contribution in [0.25, 0.3) is 0 Å². The lowest BCUT2D eigenvalue weighted by Gasteiger charge is -2.41. The molecule has 0 aromatic carbocycles. The predicted molar refractivity (Wildman–Crippen MR) is 61.1 cm³/mol. The van der Waals surface area contributed by atoms with Crippen LogP contribution in [0.3, 0.4) is 0 Å². The molecular weight excluding hydrogens is 206 g/mol. The molecule has 0 heterocycles. The van der Waals surface area contributed by atoms with Crippen molar-refractivity contribution in [3.63, 3.8) is 0 Å². The van der Waals surface area contributed by atoms with Crippen LogP contribution < -0.4 is 0 Å². The van der Waals surface area contributed by atoms with Gasteiger partial charge in [0.25, 0.3) is 0 Å². The molecule has 0 saturated heterocycles. The maximum absolute atomic E-state index is 12.2. The molecular formula is C12H21NO3. The number of hydrogen-bond donors (Lipinski definition) is 1. The minimum atomic E-state index is -1.11. The second kappa shape index (κ2) is 4.85. The van der Waals surface area contributed by atoms with Crippen LogP contribution in [0.2, 0.25) is 0 Å². The Hall–Kier alpha value is -1.06. The van der Waals surface area contributed by atoms with Crippen LogP contribution in [0.15, 0.2) is 0 Å². The van der Waals surface area contributed by atoms with Crippen LogP contribution >= 0.6 is 0 Å². The Morgan fingerprint density at radius 3 is 2.06 bits per heavy atom. The standard InChI is InChI=1S/C12H21NO3/c1-4-9(5-2)13(3)10(14)12(11(15)16)7-6-8-12/h9H,4-8H2,1-3H3,(H,15,16). The topological polar surface area (TPSA) is 57.6 Å². The normalized spacial score (nSPS) is 18.0. The minimum absolute atomic E-state index is 0.157. The molecule has 1 saturated carbocycles. The van der Waals surface area contributed by atoms with Gasteiger partial charge in [0.1, 0.15) is 5.41 Å². The molecule has 1 aliphatic rings. The van der Waals surface area contributed by atoms with Gasteiger partial charge < -0.3 is 10.0 Å². The molecule has 1 aliphatic carbocycles. The fraction of sp³-hybridized carbons (Fsp3) is 0.833. The Bertz CT molecular complexity index is 280. The molecule has 1 rings (SSSR count). The zero-order chi connectivity index (χ0) is 12.3. The Balaban J connectivity index is 2.80. The Labute approximate surface area is 96.6 Å². The number of carbonyl (C=O) groups is 2. The molecule has 0 aliphatic heterocycles. The zero-order valence-corrected chi connectivity index (χ0v) is 10.3. The van der Waals surface area contributed by atoms with Crippen molar-refractivity contribution in [3.05, 3.63) is 0 Å². The van der Waals surface area contributed by atoms with Crippen molar-refractivity contribution in [1.29, 1.82) is 0 Å². The molecule has 1 amide bonds. The van der Waals surface area contributed by atoms with E-state index in [9.17, 15) is 14.7 Å². The Kier molecular flexibility index (Phi) is 3.94. The molecule has 0 spiro atoms. The van der Waals surface area contributed by atoms with Gasteiger partial charge in [-0.05, 0) is 25.7 Å². The van der Waals surface area contributed by atoms with Crippen LogP contribution in [0.1, 0.15) is 46.0 Å². The number of amides is 1. The summed E-state index contributed by atoms with van der Waals surface area (Å²) in [4.78, 5) is 25.0. The number of carboxylic acids is 1. The van der Waals surface area contributed by atoms with Gasteiger partial charge in [0, 0.05) is 13.1 Å². The average molecular weight is 227 g/mol. The van der Waals surface area contributed by atoms with E-state index in [0.29, 0.717) is 12.8 Å². The van der Waals surface area contributed by atoms with Gasteiger partial charge in [-0.1, -0.05) is 20.3 Å². The number of rotatable bonds is 5. The van der Waals surface area contributed by atoms with Gasteiger partial charge in [-0.15, -0.1) is 0 Å². The number of carbonyl (C=O) groups excluding carboxylic acids is 1. The molecule has 1 fully saturated rings. The first kappa shape index (κ1) is 13.0. The van der Waals surface area contributed by atoms with E-state index < -0.39 is 11.4 Å². The summed E-state index contributed by atoms with van der Waals surface area (Å²) in [6.07, 6.45) is 3.56. The van der Waals surface area contributed by atoms with Crippen LogP contribution in [0, 0.1) is 5.41 Å². The van der Waals surface area contributed by atoms with E-state index in [4.69, 9.17) is 0 Å². The van der Waals surface area contributed by atoms with E-state index in [2.05, 4.69) is 0 Å². The summed E-state index contributed by atoms with van der Waals surface area (Å²) < 4.78 is 0. The Morgan fingerprint density at radius 1 is 1.31 bits per heavy atom. The van der Waals surface area contributed by atoms with Gasteiger partial charge >= 0.3 is 5.97 Å². The lowest BCUT2D eigenvalue weighted by molar-refractivity contribution is -0.168. The number of aliphatic carboxylic acids is 1. The minimum Gasteiger partial charge on any atom is -0.480 e. The first-order chi connectivity index (χ1) is 7.49. The summed E-state index contributed by atoms with van der Waals surface area (Å²) in [5.41, 5.74) is -1.11. The van der Waals surface area contributed by atoms with E-state index in [1.165, 1.54) is 0 Å². The highest BCUT2D eigenvalue weighted by atomic mass is 16.4. The Morgan fingerprint density at radius 2 is 1.81 bits per heavy atom. The van der Waals surface area contributed by atoms with Crippen molar-refractivity contribution in [2.24, 2.45) is 5.41 Å². The van der Waals surface area contributed by atoms with Crippen molar-refractivity contribution >= 4 is 11.9 Å². The summed E-state index contributed by atoms with van der Waals surface area (Å²) in [5, 5.41) is 9.18. The van der Waals surface area contributed by atoms with Crippen molar-refractivity contribution in [2.45, 2.75) is 52.0 Å². The largest absolute Gasteiger partial charge is 0.480 e. The van der Waals surface area contributed by atoms with Gasteiger partial charge in [0.05, 0.1) is 0 Å². The molecule has 0 aromatic rings. The first-order valence-corrected chi connectivity index (χ1v) is 6.00. The summed E-state index contributed by atoms with van der Waals surface area (Å²) in [6.45, 7) is 4.04. The highest BCUT2D eigenvalue weighted by molar-refractivity contribution is 6.02. The van der Waals surface area contributed by atoms with Crippen LogP contribution in [0.4, 0.5) is 0 Å². The molecule has 0 aromatic heterocycles. The highest BCUT2D eigenvalue weighted by Crippen LogP contribution is 2.43. The van der Waals surface area contributed by atoms with Gasteiger partial charge in [-0.3, -0.25) is 9.59 Å². The van der Waals surface area contributed by atoms with E-state index in [0.717, 1.165) is 19.3 Å². The highest BCUT2D eigenvalue weighted by Gasteiger charge is 2.52. The van der Waals surface area contributed by atoms with Crippen molar-refractivity contribution in [2.75, 3.05) is 7.05 Å². The smallest absolute Gasteiger partial charge is 0.319 e. The molecule has 92 valence electrons. The summed E-state index contributed by atoms with van der Waals surface area (Å²) in [5.74, 6) is -1.17. The van der Waals surface area contributed by atoms with Crippen LogP contribution in [-0.4, -0.2) is 35.0 Å². The molecule has 0 bridgehead atoms. The van der Waals surface area contributed by atoms with Gasteiger partial charge in [-0.25, -0.2) is 0 Å². The maximum atomic E-state index is 12.2. The third-order valence-electron chi connectivity index (χ3n) is 3.84. The quantitative estimate of drug-likeness (QED) is 0.730. The molecule has 16 heavy (non-hydrogen) atoms. The second-order valence-corrected chi connectivity index (χ2v) is 4.63.